The molecule has 0 unspecified atom stereocenters. The zero-order valence-corrected chi connectivity index (χ0v) is 11.4. The molecule has 1 aliphatic rings. The van der Waals surface area contributed by atoms with Gasteiger partial charge in [-0.2, -0.15) is 0 Å². The summed E-state index contributed by atoms with van der Waals surface area (Å²) < 4.78 is 18.4. The van der Waals surface area contributed by atoms with Crippen LogP contribution < -0.4 is 4.74 Å². The Morgan fingerprint density at radius 1 is 1.25 bits per heavy atom. The van der Waals surface area contributed by atoms with Crippen LogP contribution in [0.15, 0.2) is 36.4 Å². The highest BCUT2D eigenvalue weighted by Gasteiger charge is 2.16. The maximum absolute atomic E-state index is 13.0. The van der Waals surface area contributed by atoms with Gasteiger partial charge in [0.2, 0.25) is 0 Å². The Bertz CT molecular complexity index is 682. The van der Waals surface area contributed by atoms with E-state index in [-0.39, 0.29) is 17.2 Å². The number of benzene rings is 2. The van der Waals surface area contributed by atoms with Gasteiger partial charge in [-0.1, -0.05) is 17.7 Å². The molecule has 0 atom stereocenters. The van der Waals surface area contributed by atoms with Crippen LogP contribution >= 0.6 is 11.6 Å². The van der Waals surface area contributed by atoms with Crippen LogP contribution in [0.5, 0.6) is 5.75 Å². The molecule has 102 valence electrons. The summed E-state index contributed by atoms with van der Waals surface area (Å²) in [7, 11) is 0. The van der Waals surface area contributed by atoms with Crippen molar-refractivity contribution in [1.29, 1.82) is 0 Å². The summed E-state index contributed by atoms with van der Waals surface area (Å²) in [5, 5.41) is 0.280. The quantitative estimate of drug-likeness (QED) is 0.803. The fraction of sp³-hybridized carbons (Fsp3) is 0.188. The topological polar surface area (TPSA) is 26.3 Å². The highest BCUT2D eigenvalue weighted by molar-refractivity contribution is 6.31. The van der Waals surface area contributed by atoms with Crippen molar-refractivity contribution >= 4 is 17.4 Å². The highest BCUT2D eigenvalue weighted by Crippen LogP contribution is 2.27. The van der Waals surface area contributed by atoms with Gasteiger partial charge in [0.25, 0.3) is 0 Å². The van der Waals surface area contributed by atoms with Crippen LogP contribution in [0, 0.1) is 5.82 Å². The molecule has 0 aliphatic carbocycles. The Balaban J connectivity index is 1.82. The molecule has 0 amide bonds. The number of carbonyl (C=O) groups is 1. The lowest BCUT2D eigenvalue weighted by Crippen LogP contribution is -2.04. The fourth-order valence-electron chi connectivity index (χ4n) is 2.30. The number of halogens is 2. The average Bonchev–Trinajstić information content (AvgIpc) is 2.89. The van der Waals surface area contributed by atoms with Crippen LogP contribution in [0.2, 0.25) is 5.02 Å². The van der Waals surface area contributed by atoms with E-state index in [1.165, 1.54) is 12.1 Å². The first-order chi connectivity index (χ1) is 9.63. The normalized spacial score (nSPS) is 12.9. The van der Waals surface area contributed by atoms with Crippen molar-refractivity contribution in [3.63, 3.8) is 0 Å². The molecule has 1 aliphatic heterocycles. The molecule has 3 rings (SSSR count). The summed E-state index contributed by atoms with van der Waals surface area (Å²) in [6.07, 6.45) is 0.993. The lowest BCUT2D eigenvalue weighted by atomic mass is 10.0. The molecule has 0 N–H and O–H groups in total. The molecule has 0 spiro atoms. The van der Waals surface area contributed by atoms with Gasteiger partial charge < -0.3 is 4.74 Å². The first kappa shape index (κ1) is 13.1. The Morgan fingerprint density at radius 3 is 2.90 bits per heavy atom. The van der Waals surface area contributed by atoms with Crippen molar-refractivity contribution in [2.45, 2.75) is 12.8 Å². The molecule has 0 saturated heterocycles. The molecule has 2 nitrogen and oxygen atoms in total. The van der Waals surface area contributed by atoms with E-state index in [1.807, 2.05) is 12.1 Å². The zero-order chi connectivity index (χ0) is 14.1. The number of carbonyl (C=O) groups excluding carboxylic acids is 1. The molecule has 0 radical (unpaired) electrons. The first-order valence-corrected chi connectivity index (χ1v) is 6.74. The number of ketones is 1. The van der Waals surface area contributed by atoms with E-state index in [0.29, 0.717) is 17.7 Å². The smallest absolute Gasteiger partial charge is 0.167 e. The average molecular weight is 291 g/mol. The lowest BCUT2D eigenvalue weighted by molar-refractivity contribution is 0.0993. The third-order valence-corrected chi connectivity index (χ3v) is 3.73. The SMILES string of the molecule is O=C(Cc1ccc(F)cc1Cl)c1ccc2c(c1)CCO2. The summed E-state index contributed by atoms with van der Waals surface area (Å²) in [5.74, 6) is 0.412. The van der Waals surface area contributed by atoms with Crippen LogP contribution in [0.25, 0.3) is 0 Å². The fourth-order valence-corrected chi connectivity index (χ4v) is 2.53. The summed E-state index contributed by atoms with van der Waals surface area (Å²) >= 11 is 5.94. The summed E-state index contributed by atoms with van der Waals surface area (Å²) in [5.41, 5.74) is 2.32. The Hall–Kier alpha value is -1.87. The maximum Gasteiger partial charge on any atom is 0.167 e. The van der Waals surface area contributed by atoms with E-state index >= 15 is 0 Å². The standard InChI is InChI=1S/C16H12ClFO2/c17-14-9-13(18)3-1-10(14)8-15(19)11-2-4-16-12(7-11)5-6-20-16/h1-4,7,9H,5-6,8H2. The van der Waals surface area contributed by atoms with Gasteiger partial charge in [-0.25, -0.2) is 4.39 Å². The monoisotopic (exact) mass is 290 g/mol. The van der Waals surface area contributed by atoms with E-state index in [4.69, 9.17) is 16.3 Å². The van der Waals surface area contributed by atoms with Gasteiger partial charge in [0.1, 0.15) is 11.6 Å². The minimum atomic E-state index is -0.402. The second-order valence-corrected chi connectivity index (χ2v) is 5.16. The Labute approximate surface area is 121 Å². The van der Waals surface area contributed by atoms with Crippen LogP contribution in [0.4, 0.5) is 4.39 Å². The first-order valence-electron chi connectivity index (χ1n) is 6.36. The molecular weight excluding hydrogens is 279 g/mol. The van der Waals surface area contributed by atoms with Gasteiger partial charge in [0, 0.05) is 23.4 Å². The lowest BCUT2D eigenvalue weighted by Gasteiger charge is -2.06. The van der Waals surface area contributed by atoms with Gasteiger partial charge in [0.15, 0.2) is 5.78 Å². The molecule has 2 aromatic carbocycles. The second kappa shape index (κ2) is 5.25. The molecule has 1 heterocycles. The van der Waals surface area contributed by atoms with Crippen LogP contribution in [-0.4, -0.2) is 12.4 Å². The van der Waals surface area contributed by atoms with E-state index < -0.39 is 5.82 Å². The summed E-state index contributed by atoms with van der Waals surface area (Å²) in [4.78, 5) is 12.3. The van der Waals surface area contributed by atoms with Gasteiger partial charge in [-0.05, 0) is 41.5 Å². The van der Waals surface area contributed by atoms with Crippen molar-refractivity contribution in [1.82, 2.24) is 0 Å². The van der Waals surface area contributed by atoms with Gasteiger partial charge in [-0.15, -0.1) is 0 Å². The predicted molar refractivity (Wildman–Crippen MR) is 75.1 cm³/mol. The second-order valence-electron chi connectivity index (χ2n) is 4.76. The largest absolute Gasteiger partial charge is 0.493 e. The summed E-state index contributed by atoms with van der Waals surface area (Å²) in [6.45, 7) is 0.663. The molecule has 0 fully saturated rings. The van der Waals surface area contributed by atoms with Crippen molar-refractivity contribution in [2.75, 3.05) is 6.61 Å². The molecule has 4 heteroatoms. The maximum atomic E-state index is 13.0. The molecule has 0 bridgehead atoms. The van der Waals surface area contributed by atoms with Crippen molar-refractivity contribution in [3.8, 4) is 5.75 Å². The number of hydrogen-bond donors (Lipinski definition) is 0. The number of rotatable bonds is 3. The van der Waals surface area contributed by atoms with E-state index in [0.717, 1.165) is 17.7 Å². The van der Waals surface area contributed by atoms with Crippen LogP contribution in [0.1, 0.15) is 21.5 Å². The van der Waals surface area contributed by atoms with Crippen LogP contribution in [-0.2, 0) is 12.8 Å². The number of fused-ring (bicyclic) bond motifs is 1. The third kappa shape index (κ3) is 2.54. The van der Waals surface area contributed by atoms with E-state index in [2.05, 4.69) is 0 Å². The molecule has 2 aromatic rings. The highest BCUT2D eigenvalue weighted by atomic mass is 35.5. The zero-order valence-electron chi connectivity index (χ0n) is 10.7. The summed E-state index contributed by atoms with van der Waals surface area (Å²) in [6, 6.07) is 9.52. The Morgan fingerprint density at radius 2 is 2.10 bits per heavy atom. The van der Waals surface area contributed by atoms with Gasteiger partial charge >= 0.3 is 0 Å². The van der Waals surface area contributed by atoms with Crippen molar-refractivity contribution < 1.29 is 13.9 Å². The molecule has 0 saturated carbocycles. The predicted octanol–water partition coefficient (Wildman–Crippen LogP) is 3.84. The van der Waals surface area contributed by atoms with Crippen molar-refractivity contribution in [3.05, 3.63) is 63.9 Å². The number of Topliss-reactive ketones (excluding diaryl/α,β-unsaturated/α-hetero) is 1. The number of ether oxygens (including phenoxy) is 1. The van der Waals surface area contributed by atoms with Crippen LogP contribution in [0.3, 0.4) is 0 Å². The third-order valence-electron chi connectivity index (χ3n) is 3.38. The van der Waals surface area contributed by atoms with Gasteiger partial charge in [-0.3, -0.25) is 4.79 Å². The molecule has 20 heavy (non-hydrogen) atoms. The van der Waals surface area contributed by atoms with E-state index in [1.54, 1.807) is 12.1 Å². The Kier molecular flexibility index (Phi) is 3.45. The minimum Gasteiger partial charge on any atom is -0.493 e. The minimum absolute atomic E-state index is 0.0341. The number of hydrogen-bond acceptors (Lipinski definition) is 2. The molecular formula is C16H12ClFO2. The van der Waals surface area contributed by atoms with Crippen molar-refractivity contribution in [2.24, 2.45) is 0 Å². The van der Waals surface area contributed by atoms with E-state index in [9.17, 15) is 9.18 Å². The molecule has 0 aromatic heterocycles. The van der Waals surface area contributed by atoms with Gasteiger partial charge in [0.05, 0.1) is 6.61 Å².